The molecule has 16 nitrogen and oxygen atoms in total. The van der Waals surface area contributed by atoms with Crippen molar-refractivity contribution in [1.82, 2.24) is 30.8 Å². The zero-order valence-electron chi connectivity index (χ0n) is 34.1. The van der Waals surface area contributed by atoms with E-state index in [0.29, 0.717) is 33.3 Å². The molecular formula is C43H48N7O9P. The Bertz CT molecular complexity index is 2410. The summed E-state index contributed by atoms with van der Waals surface area (Å²) in [4.78, 5) is 72.9. The monoisotopic (exact) mass is 837 g/mol. The molecule has 0 spiro atoms. The van der Waals surface area contributed by atoms with Crippen molar-refractivity contribution in [2.75, 3.05) is 25.3 Å². The number of hydrogen-bond donors (Lipinski definition) is 2. The lowest BCUT2D eigenvalue weighted by molar-refractivity contribution is -0.156. The van der Waals surface area contributed by atoms with Gasteiger partial charge < -0.3 is 24.6 Å². The van der Waals surface area contributed by atoms with Gasteiger partial charge in [-0.2, -0.15) is 0 Å². The summed E-state index contributed by atoms with van der Waals surface area (Å²) in [5.74, 6) is -3.05. The minimum atomic E-state index is -3.47. The molecule has 1 aliphatic rings. The average molecular weight is 838 g/mol. The maximum absolute atomic E-state index is 14.9. The van der Waals surface area contributed by atoms with Crippen molar-refractivity contribution in [2.45, 2.75) is 76.9 Å². The first kappa shape index (κ1) is 43.5. The van der Waals surface area contributed by atoms with Crippen molar-refractivity contribution in [3.63, 3.8) is 0 Å². The van der Waals surface area contributed by atoms with Crippen LogP contribution in [0.2, 0.25) is 0 Å². The maximum atomic E-state index is 14.9. The fourth-order valence-electron chi connectivity index (χ4n) is 6.90. The Balaban J connectivity index is 1.29. The van der Waals surface area contributed by atoms with Crippen molar-refractivity contribution in [3.05, 3.63) is 114 Å². The van der Waals surface area contributed by atoms with E-state index in [1.807, 2.05) is 30.3 Å². The van der Waals surface area contributed by atoms with Gasteiger partial charge in [0.2, 0.25) is 19.2 Å². The number of carbonyl (C=O) groups is 5. The fourth-order valence-corrected chi connectivity index (χ4v) is 8.13. The van der Waals surface area contributed by atoms with Gasteiger partial charge in [-0.05, 0) is 73.0 Å². The van der Waals surface area contributed by atoms with Crippen molar-refractivity contribution in [2.24, 2.45) is 0 Å². The largest absolute Gasteiger partial charge is 0.460 e. The molecule has 0 aliphatic carbocycles. The molecule has 0 radical (unpaired) electrons. The van der Waals surface area contributed by atoms with Crippen LogP contribution < -0.4 is 20.8 Å². The summed E-state index contributed by atoms with van der Waals surface area (Å²) in [6.07, 6.45) is -0.346. The smallest absolute Gasteiger partial charge is 0.308 e. The zero-order chi connectivity index (χ0) is 43.0. The van der Waals surface area contributed by atoms with E-state index < -0.39 is 73.6 Å². The molecule has 4 aromatic carbocycles. The van der Waals surface area contributed by atoms with Crippen molar-refractivity contribution >= 4 is 58.6 Å². The van der Waals surface area contributed by atoms with Crippen LogP contribution in [0.1, 0.15) is 55.4 Å². The molecule has 1 unspecified atom stereocenters. The van der Waals surface area contributed by atoms with Crippen LogP contribution in [0.25, 0.3) is 10.8 Å². The van der Waals surface area contributed by atoms with Gasteiger partial charge in [0.05, 0.1) is 6.42 Å². The van der Waals surface area contributed by atoms with Gasteiger partial charge in [-0.1, -0.05) is 72.8 Å². The number of rotatable bonds is 17. The Labute approximate surface area is 347 Å². The van der Waals surface area contributed by atoms with Crippen molar-refractivity contribution in [1.29, 1.82) is 0 Å². The molecule has 3 amide bonds. The van der Waals surface area contributed by atoms with Crippen molar-refractivity contribution < 1.29 is 42.5 Å². The second-order valence-corrected chi connectivity index (χ2v) is 17.9. The van der Waals surface area contributed by atoms with E-state index in [4.69, 9.17) is 14.0 Å². The molecule has 0 saturated heterocycles. The highest BCUT2D eigenvalue weighted by Gasteiger charge is 2.43. The molecule has 17 heteroatoms. The van der Waals surface area contributed by atoms with Gasteiger partial charge in [0.15, 0.2) is 18.3 Å². The van der Waals surface area contributed by atoms with Crippen LogP contribution in [0.5, 0.6) is 0 Å². The minimum Gasteiger partial charge on any atom is -0.460 e. The topological polar surface area (TPSA) is 201 Å². The van der Waals surface area contributed by atoms with Gasteiger partial charge >= 0.3 is 5.97 Å². The van der Waals surface area contributed by atoms with Crippen LogP contribution in [0, 0.1) is 0 Å². The number of para-hydroxylation sites is 1. The van der Waals surface area contributed by atoms with Crippen molar-refractivity contribution in [3.8, 4) is 0 Å². The lowest BCUT2D eigenvalue weighted by atomic mass is 10.0. The molecule has 60 heavy (non-hydrogen) atoms. The lowest BCUT2D eigenvalue weighted by Gasteiger charge is -2.30. The van der Waals surface area contributed by atoms with Gasteiger partial charge in [0.1, 0.15) is 30.3 Å². The van der Waals surface area contributed by atoms with E-state index in [-0.39, 0.29) is 26.0 Å². The Kier molecular flexibility index (Phi) is 13.7. The predicted octanol–water partition coefficient (Wildman–Crippen LogP) is 4.16. The molecule has 314 valence electrons. The van der Waals surface area contributed by atoms with Crippen LogP contribution in [0.3, 0.4) is 0 Å². The fraction of sp³-hybridized carbons (Fsp3) is 0.349. The van der Waals surface area contributed by atoms with Crippen LogP contribution in [0.4, 0.5) is 5.69 Å². The summed E-state index contributed by atoms with van der Waals surface area (Å²) in [5, 5.41) is 19.8. The number of esters is 1. The Hall–Kier alpha value is -6.09. The van der Waals surface area contributed by atoms with Crippen LogP contribution in [0.15, 0.2) is 97.1 Å². The second-order valence-electron chi connectivity index (χ2n) is 15.4. The number of tetrazole rings is 1. The summed E-state index contributed by atoms with van der Waals surface area (Å²) in [7, 11) is -1.99. The molecule has 2 heterocycles. The Morgan fingerprint density at radius 1 is 0.883 bits per heavy atom. The number of Topliss-reactive ketones (excluding diaryl/α,β-unsaturated/α-hetero) is 1. The number of anilines is 1. The molecule has 6 rings (SSSR count). The van der Waals surface area contributed by atoms with Gasteiger partial charge in [0.25, 0.3) is 5.91 Å². The number of benzene rings is 4. The standard InChI is InChI=1S/C43H48N7O9P/c1-43(2,3)59-39(52)25-34(37(51)26-58-60(5,56)30-17-7-6-8-18-30)45-41(54)36-24-29-15-10-12-21-35(29)50(36)42(55)33(22-23-38-46-48-49(47-38)27-57-4)44-40(53)32-20-13-16-28-14-9-11-19-31(28)32/h6-21,33-34,36H,22-27H2,1-5H3,(H,44,53)(H,45,54)/t33-,34-,36-,60?/m0/s1. The van der Waals surface area contributed by atoms with E-state index in [1.54, 1.807) is 87.5 Å². The number of nitrogens with zero attached hydrogens (tertiary/aromatic N) is 5. The third-order valence-corrected chi connectivity index (χ3v) is 11.6. The van der Waals surface area contributed by atoms with Crippen LogP contribution in [-0.2, 0) is 57.3 Å². The number of hydrogen-bond acceptors (Lipinski definition) is 12. The SMILES string of the molecule is COCn1nnc(CC[C@H](NC(=O)c2cccc3ccccc23)C(=O)N2c3ccccc3C[C@H]2C(=O)N[C@@H](CC(=O)OC(C)(C)C)C(=O)COP(C)(=O)c2ccccc2)n1. The highest BCUT2D eigenvalue weighted by molar-refractivity contribution is 7.66. The second kappa shape index (κ2) is 18.9. The van der Waals surface area contributed by atoms with Gasteiger partial charge in [-0.3, -0.25) is 33.4 Å². The summed E-state index contributed by atoms with van der Waals surface area (Å²) in [6, 6.07) is 24.2. The van der Waals surface area contributed by atoms with E-state index in [0.717, 1.165) is 5.39 Å². The third-order valence-electron chi connectivity index (χ3n) is 9.72. The van der Waals surface area contributed by atoms with Gasteiger partial charge in [-0.25, -0.2) is 0 Å². The average Bonchev–Trinajstić information content (AvgIpc) is 3.85. The van der Waals surface area contributed by atoms with E-state index in [2.05, 4.69) is 26.0 Å². The van der Waals surface area contributed by atoms with E-state index in [9.17, 15) is 28.5 Å². The van der Waals surface area contributed by atoms with E-state index >= 15 is 0 Å². The number of fused-ring (bicyclic) bond motifs is 2. The Morgan fingerprint density at radius 2 is 1.58 bits per heavy atom. The molecule has 2 N–H and O–H groups in total. The van der Waals surface area contributed by atoms with E-state index in [1.165, 1.54) is 23.5 Å². The van der Waals surface area contributed by atoms with Gasteiger partial charge in [0, 0.05) is 43.2 Å². The first-order chi connectivity index (χ1) is 28.6. The molecule has 1 aliphatic heterocycles. The molecule has 1 aromatic heterocycles. The summed E-state index contributed by atoms with van der Waals surface area (Å²) in [5.41, 5.74) is 0.556. The van der Waals surface area contributed by atoms with Crippen LogP contribution in [-0.4, -0.2) is 93.8 Å². The quantitative estimate of drug-likeness (QED) is 0.100. The number of nitrogens with one attached hydrogen (secondary N) is 2. The number of amides is 3. The zero-order valence-corrected chi connectivity index (χ0v) is 35.0. The maximum Gasteiger partial charge on any atom is 0.308 e. The summed E-state index contributed by atoms with van der Waals surface area (Å²) < 4.78 is 29.7. The van der Waals surface area contributed by atoms with Gasteiger partial charge in [-0.15, -0.1) is 15.0 Å². The predicted molar refractivity (Wildman–Crippen MR) is 223 cm³/mol. The highest BCUT2D eigenvalue weighted by atomic mass is 31.2. The molecule has 0 saturated carbocycles. The third kappa shape index (κ3) is 10.7. The highest BCUT2D eigenvalue weighted by Crippen LogP contribution is 2.41. The molecule has 0 bridgehead atoms. The normalized spacial score (nSPS) is 15.7. The number of carbonyl (C=O) groups excluding carboxylic acids is 5. The Morgan fingerprint density at radius 3 is 2.33 bits per heavy atom. The minimum absolute atomic E-state index is 0.0244. The molecule has 0 fully saturated rings. The molecular weight excluding hydrogens is 789 g/mol. The molecule has 4 atom stereocenters. The first-order valence-corrected chi connectivity index (χ1v) is 21.5. The summed E-state index contributed by atoms with van der Waals surface area (Å²) in [6.45, 7) is 5.76. The number of methoxy groups -OCH3 is 1. The number of ketones is 1. The summed E-state index contributed by atoms with van der Waals surface area (Å²) >= 11 is 0. The first-order valence-electron chi connectivity index (χ1n) is 19.4. The number of aromatic nitrogens is 4. The number of aryl methyl sites for hydroxylation is 1. The molecule has 5 aromatic rings. The lowest BCUT2D eigenvalue weighted by Crippen LogP contribution is -2.57. The van der Waals surface area contributed by atoms with Crippen LogP contribution >= 0.6 is 7.37 Å². The number of ether oxygens (including phenoxy) is 2.